The molecule has 0 aromatic carbocycles. The minimum atomic E-state index is -1.25. The Labute approximate surface area is 79.9 Å². The standard InChI is InChI=1S/C8H10N2O4/c1-4(2)9-7(11)5-3-6(8(12)13)14-10-5/h3-4H,1-2H3,(H,9,11)(H,12,13). The van der Waals surface area contributed by atoms with E-state index in [-0.39, 0.29) is 17.5 Å². The van der Waals surface area contributed by atoms with Gasteiger partial charge < -0.3 is 14.9 Å². The summed E-state index contributed by atoms with van der Waals surface area (Å²) in [5.74, 6) is -2.05. The highest BCUT2D eigenvalue weighted by molar-refractivity contribution is 5.94. The molecule has 1 aromatic rings. The Morgan fingerprint density at radius 1 is 1.57 bits per heavy atom. The molecule has 0 fully saturated rings. The molecule has 14 heavy (non-hydrogen) atoms. The van der Waals surface area contributed by atoms with Gasteiger partial charge in [0, 0.05) is 12.1 Å². The van der Waals surface area contributed by atoms with E-state index in [0.717, 1.165) is 6.07 Å². The number of carbonyl (C=O) groups is 2. The number of amides is 1. The van der Waals surface area contributed by atoms with Gasteiger partial charge in [-0.15, -0.1) is 0 Å². The Bertz CT molecular complexity index is 356. The molecule has 0 aliphatic carbocycles. The predicted octanol–water partition coefficient (Wildman–Crippen LogP) is 0.511. The Kier molecular flexibility index (Phi) is 2.85. The van der Waals surface area contributed by atoms with Gasteiger partial charge in [0.25, 0.3) is 5.91 Å². The van der Waals surface area contributed by atoms with Crippen LogP contribution in [0.25, 0.3) is 0 Å². The molecule has 6 nitrogen and oxygen atoms in total. The average molecular weight is 198 g/mol. The molecule has 1 rings (SSSR count). The number of aromatic nitrogens is 1. The van der Waals surface area contributed by atoms with Gasteiger partial charge in [-0.1, -0.05) is 5.16 Å². The molecule has 2 N–H and O–H groups in total. The Morgan fingerprint density at radius 2 is 2.21 bits per heavy atom. The first-order chi connectivity index (χ1) is 6.50. The maximum atomic E-state index is 11.3. The van der Waals surface area contributed by atoms with Crippen molar-refractivity contribution in [3.8, 4) is 0 Å². The summed E-state index contributed by atoms with van der Waals surface area (Å²) in [7, 11) is 0. The van der Waals surface area contributed by atoms with E-state index in [1.54, 1.807) is 13.8 Å². The summed E-state index contributed by atoms with van der Waals surface area (Å²) in [4.78, 5) is 21.7. The average Bonchev–Trinajstić information content (AvgIpc) is 2.50. The van der Waals surface area contributed by atoms with Gasteiger partial charge in [-0.3, -0.25) is 4.79 Å². The van der Waals surface area contributed by atoms with E-state index in [1.165, 1.54) is 0 Å². The van der Waals surface area contributed by atoms with Crippen LogP contribution in [0, 0.1) is 0 Å². The molecule has 0 aliphatic rings. The smallest absolute Gasteiger partial charge is 0.374 e. The number of hydrogen-bond acceptors (Lipinski definition) is 4. The van der Waals surface area contributed by atoms with Crippen LogP contribution in [0.3, 0.4) is 0 Å². The number of nitrogens with one attached hydrogen (secondary N) is 1. The lowest BCUT2D eigenvalue weighted by atomic mass is 10.3. The molecule has 1 amide bonds. The lowest BCUT2D eigenvalue weighted by Gasteiger charge is -2.04. The minimum Gasteiger partial charge on any atom is -0.475 e. The first kappa shape index (κ1) is 10.2. The van der Waals surface area contributed by atoms with E-state index in [2.05, 4.69) is 15.0 Å². The molecule has 0 bridgehead atoms. The molecule has 76 valence electrons. The van der Waals surface area contributed by atoms with Crippen molar-refractivity contribution in [2.24, 2.45) is 0 Å². The third kappa shape index (κ3) is 2.32. The van der Waals surface area contributed by atoms with E-state index >= 15 is 0 Å². The van der Waals surface area contributed by atoms with Crippen molar-refractivity contribution in [1.29, 1.82) is 0 Å². The van der Waals surface area contributed by atoms with Crippen molar-refractivity contribution >= 4 is 11.9 Å². The normalized spacial score (nSPS) is 10.2. The van der Waals surface area contributed by atoms with Gasteiger partial charge in [-0.2, -0.15) is 0 Å². The van der Waals surface area contributed by atoms with Crippen LogP contribution in [0.15, 0.2) is 10.6 Å². The predicted molar refractivity (Wildman–Crippen MR) is 46.1 cm³/mol. The summed E-state index contributed by atoms with van der Waals surface area (Å²) < 4.78 is 4.42. The number of nitrogens with zero attached hydrogens (tertiary/aromatic N) is 1. The lowest BCUT2D eigenvalue weighted by Crippen LogP contribution is -2.30. The number of aromatic carboxylic acids is 1. The van der Waals surface area contributed by atoms with E-state index in [1.807, 2.05) is 0 Å². The van der Waals surface area contributed by atoms with Crippen molar-refractivity contribution in [3.05, 3.63) is 17.5 Å². The number of hydrogen-bond donors (Lipinski definition) is 2. The van der Waals surface area contributed by atoms with Crippen molar-refractivity contribution in [2.45, 2.75) is 19.9 Å². The van der Waals surface area contributed by atoms with Crippen LogP contribution >= 0.6 is 0 Å². The summed E-state index contributed by atoms with van der Waals surface area (Å²) in [5.41, 5.74) is -0.0314. The maximum absolute atomic E-state index is 11.3. The first-order valence-electron chi connectivity index (χ1n) is 4.01. The molecule has 0 unspecified atom stereocenters. The molecule has 0 radical (unpaired) electrons. The lowest BCUT2D eigenvalue weighted by molar-refractivity contribution is 0.0651. The summed E-state index contributed by atoms with van der Waals surface area (Å²) in [5, 5.41) is 14.4. The van der Waals surface area contributed by atoms with Crippen LogP contribution in [0.5, 0.6) is 0 Å². The zero-order chi connectivity index (χ0) is 10.7. The highest BCUT2D eigenvalue weighted by atomic mass is 16.5. The number of carboxylic acid groups (broad SMARTS) is 1. The second kappa shape index (κ2) is 3.91. The van der Waals surface area contributed by atoms with E-state index < -0.39 is 11.9 Å². The monoisotopic (exact) mass is 198 g/mol. The fourth-order valence-electron chi connectivity index (χ4n) is 0.819. The molecule has 0 aliphatic heterocycles. The molecule has 0 spiro atoms. The third-order valence-corrected chi connectivity index (χ3v) is 1.37. The van der Waals surface area contributed by atoms with Crippen molar-refractivity contribution in [3.63, 3.8) is 0 Å². The second-order valence-electron chi connectivity index (χ2n) is 3.01. The summed E-state index contributed by atoms with van der Waals surface area (Å²) in [6, 6.07) is 1.05. The van der Waals surface area contributed by atoms with Gasteiger partial charge >= 0.3 is 5.97 Å². The van der Waals surface area contributed by atoms with Crippen LogP contribution < -0.4 is 5.32 Å². The summed E-state index contributed by atoms with van der Waals surface area (Å²) >= 11 is 0. The molecule has 0 saturated carbocycles. The maximum Gasteiger partial charge on any atom is 0.374 e. The van der Waals surface area contributed by atoms with Crippen molar-refractivity contribution in [2.75, 3.05) is 0 Å². The van der Waals surface area contributed by atoms with Crippen molar-refractivity contribution < 1.29 is 19.2 Å². The van der Waals surface area contributed by atoms with Crippen LogP contribution in [0.2, 0.25) is 0 Å². The van der Waals surface area contributed by atoms with Crippen LogP contribution in [-0.4, -0.2) is 28.2 Å². The number of rotatable bonds is 3. The van der Waals surface area contributed by atoms with Crippen LogP contribution in [0.4, 0.5) is 0 Å². The molecular weight excluding hydrogens is 188 g/mol. The molecule has 1 heterocycles. The first-order valence-corrected chi connectivity index (χ1v) is 4.01. The zero-order valence-corrected chi connectivity index (χ0v) is 7.77. The van der Waals surface area contributed by atoms with E-state index in [0.29, 0.717) is 0 Å². The zero-order valence-electron chi connectivity index (χ0n) is 7.77. The topological polar surface area (TPSA) is 92.4 Å². The van der Waals surface area contributed by atoms with E-state index in [9.17, 15) is 9.59 Å². The largest absolute Gasteiger partial charge is 0.475 e. The third-order valence-electron chi connectivity index (χ3n) is 1.37. The molecule has 1 aromatic heterocycles. The molecule has 0 atom stereocenters. The Morgan fingerprint density at radius 3 is 2.64 bits per heavy atom. The van der Waals surface area contributed by atoms with Gasteiger partial charge in [-0.25, -0.2) is 4.79 Å². The minimum absolute atomic E-state index is 0.0314. The summed E-state index contributed by atoms with van der Waals surface area (Å²) in [6.45, 7) is 3.58. The molecular formula is C8H10N2O4. The Balaban J connectivity index is 2.76. The van der Waals surface area contributed by atoms with Gasteiger partial charge in [0.1, 0.15) is 0 Å². The van der Waals surface area contributed by atoms with Crippen LogP contribution in [0.1, 0.15) is 34.9 Å². The highest BCUT2D eigenvalue weighted by Crippen LogP contribution is 2.03. The van der Waals surface area contributed by atoms with Crippen molar-refractivity contribution in [1.82, 2.24) is 10.5 Å². The highest BCUT2D eigenvalue weighted by Gasteiger charge is 2.16. The van der Waals surface area contributed by atoms with Gasteiger partial charge in [-0.05, 0) is 13.8 Å². The fourth-order valence-corrected chi connectivity index (χ4v) is 0.819. The molecule has 6 heteroatoms. The van der Waals surface area contributed by atoms with Gasteiger partial charge in [0.2, 0.25) is 5.76 Å². The number of carbonyl (C=O) groups excluding carboxylic acids is 1. The Hall–Kier alpha value is -1.85. The van der Waals surface area contributed by atoms with Gasteiger partial charge in [0.05, 0.1) is 0 Å². The fraction of sp³-hybridized carbons (Fsp3) is 0.375. The second-order valence-corrected chi connectivity index (χ2v) is 3.01. The van der Waals surface area contributed by atoms with E-state index in [4.69, 9.17) is 5.11 Å². The van der Waals surface area contributed by atoms with Crippen LogP contribution in [-0.2, 0) is 0 Å². The SMILES string of the molecule is CC(C)NC(=O)c1cc(C(=O)O)on1. The molecule has 0 saturated heterocycles. The number of carboxylic acids is 1. The summed E-state index contributed by atoms with van der Waals surface area (Å²) in [6.07, 6.45) is 0. The van der Waals surface area contributed by atoms with Gasteiger partial charge in [0.15, 0.2) is 5.69 Å². The quantitative estimate of drug-likeness (QED) is 0.738.